The minimum absolute atomic E-state index is 0.183. The van der Waals surface area contributed by atoms with Gasteiger partial charge in [-0.15, -0.1) is 0 Å². The molecule has 1 aliphatic carbocycles. The zero-order valence-corrected chi connectivity index (χ0v) is 13.2. The first kappa shape index (κ1) is 15.8. The van der Waals surface area contributed by atoms with Crippen LogP contribution in [0.15, 0.2) is 0 Å². The van der Waals surface area contributed by atoms with Gasteiger partial charge in [-0.25, -0.2) is 0 Å². The molecule has 1 amide bonds. The summed E-state index contributed by atoms with van der Waals surface area (Å²) >= 11 is 0. The molecule has 1 atom stereocenters. The number of carbonyl (C=O) groups excluding carboxylic acids is 1. The van der Waals surface area contributed by atoms with E-state index in [1.54, 1.807) is 0 Å². The van der Waals surface area contributed by atoms with E-state index in [9.17, 15) is 9.90 Å². The molecule has 1 saturated heterocycles. The summed E-state index contributed by atoms with van der Waals surface area (Å²) < 4.78 is 0. The largest absolute Gasteiger partial charge is 0.389 e. The predicted molar refractivity (Wildman–Crippen MR) is 80.5 cm³/mol. The number of nitrogens with zero attached hydrogens (tertiary/aromatic N) is 1. The van der Waals surface area contributed by atoms with Gasteiger partial charge in [0.15, 0.2) is 0 Å². The van der Waals surface area contributed by atoms with Crippen LogP contribution in [-0.4, -0.2) is 47.2 Å². The number of carbonyl (C=O) groups is 1. The highest BCUT2D eigenvalue weighted by molar-refractivity contribution is 5.81. The second-order valence-corrected chi connectivity index (χ2v) is 7.52. The van der Waals surface area contributed by atoms with Crippen molar-refractivity contribution < 1.29 is 9.90 Å². The molecule has 116 valence electrons. The fourth-order valence-corrected chi connectivity index (χ4v) is 3.21. The Morgan fingerprint density at radius 3 is 2.30 bits per heavy atom. The fraction of sp³-hybridized carbons (Fsp3) is 0.938. The van der Waals surface area contributed by atoms with Crippen molar-refractivity contribution >= 4 is 5.91 Å². The normalized spacial score (nSPS) is 26.5. The molecular formula is C16H30N2O2. The summed E-state index contributed by atoms with van der Waals surface area (Å²) in [6.07, 6.45) is 6.02. The molecule has 1 saturated carbocycles. The molecule has 2 N–H and O–H groups in total. The molecule has 1 unspecified atom stereocenters. The van der Waals surface area contributed by atoms with Gasteiger partial charge < -0.3 is 15.3 Å². The summed E-state index contributed by atoms with van der Waals surface area (Å²) in [5.41, 5.74) is -0.279. The summed E-state index contributed by atoms with van der Waals surface area (Å²) in [5, 5.41) is 13.9. The van der Waals surface area contributed by atoms with Crippen molar-refractivity contribution in [3.63, 3.8) is 0 Å². The lowest BCUT2D eigenvalue weighted by Crippen LogP contribution is -2.51. The maximum atomic E-state index is 12.2. The molecule has 0 spiro atoms. The molecule has 0 aromatic rings. The summed E-state index contributed by atoms with van der Waals surface area (Å²) in [7, 11) is 0. The summed E-state index contributed by atoms with van der Waals surface area (Å²) in [4.78, 5) is 14.1. The van der Waals surface area contributed by atoms with Crippen LogP contribution in [0.4, 0.5) is 0 Å². The second kappa shape index (κ2) is 6.02. The lowest BCUT2D eigenvalue weighted by molar-refractivity contribution is -0.132. The van der Waals surface area contributed by atoms with Crippen LogP contribution in [0.3, 0.4) is 0 Å². The third-order valence-electron chi connectivity index (χ3n) is 5.06. The molecule has 1 heterocycles. The SMILES string of the molecule is CC(NCC1(O)CCC(C)(C)CC1)C(=O)N1CCCC1. The van der Waals surface area contributed by atoms with Crippen molar-refractivity contribution in [3.8, 4) is 0 Å². The van der Waals surface area contributed by atoms with Crippen molar-refractivity contribution in [2.45, 2.75) is 70.9 Å². The van der Waals surface area contributed by atoms with Crippen LogP contribution in [0.1, 0.15) is 59.3 Å². The quantitative estimate of drug-likeness (QED) is 0.828. The van der Waals surface area contributed by atoms with E-state index in [2.05, 4.69) is 19.2 Å². The van der Waals surface area contributed by atoms with Crippen LogP contribution in [0.25, 0.3) is 0 Å². The lowest BCUT2D eigenvalue weighted by Gasteiger charge is -2.40. The summed E-state index contributed by atoms with van der Waals surface area (Å²) in [6, 6.07) is -0.188. The van der Waals surface area contributed by atoms with E-state index in [0.717, 1.165) is 51.6 Å². The fourth-order valence-electron chi connectivity index (χ4n) is 3.21. The number of nitrogens with one attached hydrogen (secondary N) is 1. The first-order valence-electron chi connectivity index (χ1n) is 8.06. The summed E-state index contributed by atoms with van der Waals surface area (Å²) in [6.45, 7) is 8.76. The maximum absolute atomic E-state index is 12.2. The van der Waals surface area contributed by atoms with E-state index in [1.165, 1.54) is 0 Å². The van der Waals surface area contributed by atoms with Gasteiger partial charge in [-0.1, -0.05) is 13.8 Å². The zero-order chi connectivity index (χ0) is 14.8. The maximum Gasteiger partial charge on any atom is 0.239 e. The molecule has 0 radical (unpaired) electrons. The number of rotatable bonds is 4. The Kier molecular flexibility index (Phi) is 4.75. The van der Waals surface area contributed by atoms with Gasteiger partial charge in [-0.2, -0.15) is 0 Å². The minimum Gasteiger partial charge on any atom is -0.389 e. The van der Waals surface area contributed by atoms with E-state index >= 15 is 0 Å². The Morgan fingerprint density at radius 2 is 1.75 bits per heavy atom. The molecule has 2 rings (SSSR count). The first-order chi connectivity index (χ1) is 9.31. The molecule has 0 bridgehead atoms. The number of amides is 1. The molecule has 2 aliphatic rings. The van der Waals surface area contributed by atoms with Gasteiger partial charge in [0.25, 0.3) is 0 Å². The van der Waals surface area contributed by atoms with E-state index in [1.807, 2.05) is 11.8 Å². The van der Waals surface area contributed by atoms with Crippen molar-refractivity contribution in [1.82, 2.24) is 10.2 Å². The van der Waals surface area contributed by atoms with Gasteiger partial charge >= 0.3 is 0 Å². The highest BCUT2D eigenvalue weighted by atomic mass is 16.3. The molecule has 2 fully saturated rings. The van der Waals surface area contributed by atoms with Crippen molar-refractivity contribution in [2.75, 3.05) is 19.6 Å². The highest BCUT2D eigenvalue weighted by Crippen LogP contribution is 2.39. The average molecular weight is 282 g/mol. The molecule has 20 heavy (non-hydrogen) atoms. The third kappa shape index (κ3) is 3.95. The van der Waals surface area contributed by atoms with E-state index in [4.69, 9.17) is 0 Å². The van der Waals surface area contributed by atoms with Gasteiger partial charge in [0, 0.05) is 19.6 Å². The predicted octanol–water partition coefficient (Wildman–Crippen LogP) is 1.92. The van der Waals surface area contributed by atoms with E-state index in [0.29, 0.717) is 12.0 Å². The van der Waals surface area contributed by atoms with Crippen molar-refractivity contribution in [2.24, 2.45) is 5.41 Å². The standard InChI is InChI=1S/C16H30N2O2/c1-13(14(19)18-10-4-5-11-18)17-12-16(20)8-6-15(2,3)7-9-16/h13,17,20H,4-12H2,1-3H3. The van der Waals surface area contributed by atoms with Gasteiger partial charge in [-0.3, -0.25) is 4.79 Å². The van der Waals surface area contributed by atoms with Gasteiger partial charge in [0.05, 0.1) is 11.6 Å². The molecule has 4 nitrogen and oxygen atoms in total. The van der Waals surface area contributed by atoms with Crippen LogP contribution in [0.5, 0.6) is 0 Å². The zero-order valence-electron chi connectivity index (χ0n) is 13.2. The Balaban J connectivity index is 1.78. The Morgan fingerprint density at radius 1 is 1.20 bits per heavy atom. The molecule has 4 heteroatoms. The van der Waals surface area contributed by atoms with Gasteiger partial charge in [0.1, 0.15) is 0 Å². The Labute approximate surface area is 122 Å². The monoisotopic (exact) mass is 282 g/mol. The molecule has 0 aromatic heterocycles. The van der Waals surface area contributed by atoms with Crippen LogP contribution in [0.2, 0.25) is 0 Å². The van der Waals surface area contributed by atoms with Crippen LogP contribution in [0, 0.1) is 5.41 Å². The average Bonchev–Trinajstić information content (AvgIpc) is 2.93. The molecule has 1 aliphatic heterocycles. The smallest absolute Gasteiger partial charge is 0.239 e. The topological polar surface area (TPSA) is 52.6 Å². The van der Waals surface area contributed by atoms with Crippen molar-refractivity contribution in [3.05, 3.63) is 0 Å². The third-order valence-corrected chi connectivity index (χ3v) is 5.06. The number of likely N-dealkylation sites (tertiary alicyclic amines) is 1. The lowest BCUT2D eigenvalue weighted by atomic mass is 9.71. The Hall–Kier alpha value is -0.610. The van der Waals surface area contributed by atoms with E-state index < -0.39 is 5.60 Å². The van der Waals surface area contributed by atoms with Crippen LogP contribution in [-0.2, 0) is 4.79 Å². The van der Waals surface area contributed by atoms with Gasteiger partial charge in [-0.05, 0) is 50.9 Å². The number of hydrogen-bond donors (Lipinski definition) is 2. The number of hydrogen-bond acceptors (Lipinski definition) is 3. The summed E-state index contributed by atoms with van der Waals surface area (Å²) in [5.74, 6) is 0.183. The minimum atomic E-state index is -0.630. The second-order valence-electron chi connectivity index (χ2n) is 7.52. The first-order valence-corrected chi connectivity index (χ1v) is 8.06. The Bertz CT molecular complexity index is 338. The molecule has 0 aromatic carbocycles. The van der Waals surface area contributed by atoms with Gasteiger partial charge in [0.2, 0.25) is 5.91 Å². The van der Waals surface area contributed by atoms with Crippen LogP contribution < -0.4 is 5.32 Å². The van der Waals surface area contributed by atoms with Crippen molar-refractivity contribution in [1.29, 1.82) is 0 Å². The van der Waals surface area contributed by atoms with E-state index in [-0.39, 0.29) is 11.9 Å². The molecular weight excluding hydrogens is 252 g/mol. The van der Waals surface area contributed by atoms with Crippen LogP contribution >= 0.6 is 0 Å². The highest BCUT2D eigenvalue weighted by Gasteiger charge is 2.37. The number of aliphatic hydroxyl groups is 1.